The summed E-state index contributed by atoms with van der Waals surface area (Å²) in [5, 5.41) is 4.78. The minimum Gasteiger partial charge on any atom is -0.375 e. The Morgan fingerprint density at radius 1 is 1.35 bits per heavy atom. The molecule has 0 saturated carbocycles. The van der Waals surface area contributed by atoms with Crippen LogP contribution in [0.5, 0.6) is 0 Å². The topological polar surface area (TPSA) is 58.6 Å². The van der Waals surface area contributed by atoms with E-state index in [-0.39, 0.29) is 18.4 Å². The number of nitrogens with one attached hydrogen (secondary N) is 1. The number of rotatable bonds is 4. The Morgan fingerprint density at radius 3 is 2.96 bits per heavy atom. The van der Waals surface area contributed by atoms with E-state index in [0.717, 1.165) is 29.8 Å². The van der Waals surface area contributed by atoms with Crippen molar-refractivity contribution in [2.24, 2.45) is 0 Å². The van der Waals surface area contributed by atoms with Gasteiger partial charge in [0.05, 0.1) is 4.88 Å². The zero-order valence-electron chi connectivity index (χ0n) is 12.9. The number of nitrogens with zero attached hydrogens (tertiary/aromatic N) is 1. The molecule has 0 bridgehead atoms. The van der Waals surface area contributed by atoms with Crippen molar-refractivity contribution in [1.29, 1.82) is 0 Å². The number of hydrogen-bond acceptors (Lipinski definition) is 4. The summed E-state index contributed by atoms with van der Waals surface area (Å²) in [6, 6.07) is 9.33. The van der Waals surface area contributed by atoms with Crippen molar-refractivity contribution >= 4 is 34.5 Å². The number of hydrogen-bond donors (Lipinski definition) is 1. The van der Waals surface area contributed by atoms with Gasteiger partial charge in [0.25, 0.3) is 11.8 Å². The fourth-order valence-corrected chi connectivity index (χ4v) is 3.35. The minimum atomic E-state index is -0.108. The number of carbonyl (C=O) groups excluding carboxylic acids is 2. The van der Waals surface area contributed by atoms with Gasteiger partial charge in [-0.3, -0.25) is 9.59 Å². The Hall–Kier alpha value is -2.18. The third-order valence-electron chi connectivity index (χ3n) is 3.77. The fourth-order valence-electron chi connectivity index (χ4n) is 2.74. The normalized spacial score (nSPS) is 13.5. The number of ether oxygens (including phenoxy) is 1. The Balaban J connectivity index is 1.79. The minimum absolute atomic E-state index is 0.0381. The lowest BCUT2D eigenvalue weighted by Gasteiger charge is -2.29. The van der Waals surface area contributed by atoms with Crippen molar-refractivity contribution in [3.8, 4) is 0 Å². The van der Waals surface area contributed by atoms with E-state index >= 15 is 0 Å². The molecule has 1 aliphatic rings. The fraction of sp³-hybridized carbons (Fsp3) is 0.294. The third kappa shape index (κ3) is 3.43. The third-order valence-corrected chi connectivity index (χ3v) is 4.64. The van der Waals surface area contributed by atoms with Gasteiger partial charge in [0, 0.05) is 25.0 Å². The second-order valence-corrected chi connectivity index (χ2v) is 6.30. The summed E-state index contributed by atoms with van der Waals surface area (Å²) < 4.78 is 4.94. The number of fused-ring (bicyclic) bond motifs is 1. The van der Waals surface area contributed by atoms with Crippen LogP contribution in [0, 0.1) is 0 Å². The first-order valence-corrected chi connectivity index (χ1v) is 8.34. The highest BCUT2D eigenvalue weighted by Crippen LogP contribution is 2.30. The predicted molar refractivity (Wildman–Crippen MR) is 91.3 cm³/mol. The molecule has 0 fully saturated rings. The van der Waals surface area contributed by atoms with Crippen LogP contribution in [-0.2, 0) is 16.0 Å². The van der Waals surface area contributed by atoms with E-state index in [2.05, 4.69) is 5.32 Å². The Labute approximate surface area is 138 Å². The van der Waals surface area contributed by atoms with Gasteiger partial charge in [0.1, 0.15) is 6.61 Å². The van der Waals surface area contributed by atoms with Crippen LogP contribution >= 0.6 is 11.3 Å². The predicted octanol–water partition coefficient (Wildman–Crippen LogP) is 2.93. The second kappa shape index (κ2) is 6.93. The van der Waals surface area contributed by atoms with E-state index in [0.29, 0.717) is 11.4 Å². The highest BCUT2D eigenvalue weighted by atomic mass is 32.1. The summed E-state index contributed by atoms with van der Waals surface area (Å²) in [4.78, 5) is 26.7. The van der Waals surface area contributed by atoms with Crippen molar-refractivity contribution in [2.45, 2.75) is 12.8 Å². The van der Waals surface area contributed by atoms with Gasteiger partial charge in [-0.15, -0.1) is 11.3 Å². The summed E-state index contributed by atoms with van der Waals surface area (Å²) in [6.45, 7) is 0.784. The molecule has 0 unspecified atom stereocenters. The highest BCUT2D eigenvalue weighted by Gasteiger charge is 2.22. The summed E-state index contributed by atoms with van der Waals surface area (Å²) in [5.41, 5.74) is 2.74. The molecule has 120 valence electrons. The molecule has 1 aromatic carbocycles. The molecule has 2 amide bonds. The van der Waals surface area contributed by atoms with Crippen LogP contribution in [-0.4, -0.2) is 32.1 Å². The van der Waals surface area contributed by atoms with Gasteiger partial charge in [-0.25, -0.2) is 0 Å². The highest BCUT2D eigenvalue weighted by molar-refractivity contribution is 7.12. The molecule has 0 saturated heterocycles. The monoisotopic (exact) mass is 330 g/mol. The van der Waals surface area contributed by atoms with Crippen LogP contribution in [0.25, 0.3) is 0 Å². The molecule has 0 radical (unpaired) electrons. The smallest absolute Gasteiger partial charge is 0.265 e. The standard InChI is InChI=1S/C17H18N2O3S/c1-22-11-16(20)19-8-2-4-12-10-13(6-7-14(12)19)18-17(21)15-5-3-9-23-15/h3,5-7,9-10H,2,4,8,11H2,1H3,(H,18,21). The summed E-state index contributed by atoms with van der Waals surface area (Å²) >= 11 is 1.41. The molecule has 5 nitrogen and oxygen atoms in total. The first-order chi connectivity index (χ1) is 11.2. The van der Waals surface area contributed by atoms with E-state index in [9.17, 15) is 9.59 Å². The quantitative estimate of drug-likeness (QED) is 0.938. The molecular weight excluding hydrogens is 312 g/mol. The molecule has 2 aromatic rings. The number of anilines is 2. The lowest BCUT2D eigenvalue weighted by Crippen LogP contribution is -2.37. The largest absolute Gasteiger partial charge is 0.375 e. The Kier molecular flexibility index (Phi) is 4.73. The van der Waals surface area contributed by atoms with Crippen LogP contribution in [0.2, 0.25) is 0 Å². The lowest BCUT2D eigenvalue weighted by atomic mass is 10.0. The molecule has 2 heterocycles. The molecule has 1 aliphatic heterocycles. The second-order valence-electron chi connectivity index (χ2n) is 5.36. The molecule has 1 aromatic heterocycles. The number of methoxy groups -OCH3 is 1. The maximum Gasteiger partial charge on any atom is 0.265 e. The van der Waals surface area contributed by atoms with Gasteiger partial charge < -0.3 is 15.0 Å². The number of aryl methyl sites for hydroxylation is 1. The maximum atomic E-state index is 12.1. The van der Waals surface area contributed by atoms with Crippen LogP contribution < -0.4 is 10.2 Å². The van der Waals surface area contributed by atoms with Gasteiger partial charge >= 0.3 is 0 Å². The van der Waals surface area contributed by atoms with Crippen molar-refractivity contribution in [3.63, 3.8) is 0 Å². The van der Waals surface area contributed by atoms with E-state index < -0.39 is 0 Å². The van der Waals surface area contributed by atoms with Crippen LogP contribution in [0.15, 0.2) is 35.7 Å². The number of amides is 2. The summed E-state index contributed by atoms with van der Waals surface area (Å²) in [5.74, 6) is -0.146. The molecule has 1 N–H and O–H groups in total. The average molecular weight is 330 g/mol. The molecule has 6 heteroatoms. The van der Waals surface area contributed by atoms with E-state index in [1.165, 1.54) is 18.4 Å². The molecule has 0 atom stereocenters. The number of benzene rings is 1. The molecule has 0 spiro atoms. The van der Waals surface area contributed by atoms with E-state index in [1.807, 2.05) is 29.6 Å². The number of carbonyl (C=O) groups is 2. The lowest BCUT2D eigenvalue weighted by molar-refractivity contribution is -0.122. The first kappa shape index (κ1) is 15.7. The Bertz CT molecular complexity index is 713. The van der Waals surface area contributed by atoms with Gasteiger partial charge in [-0.05, 0) is 48.1 Å². The maximum absolute atomic E-state index is 12.1. The Morgan fingerprint density at radius 2 is 2.22 bits per heavy atom. The van der Waals surface area contributed by atoms with Gasteiger partial charge in [0.2, 0.25) is 0 Å². The molecule has 0 aliphatic carbocycles. The van der Waals surface area contributed by atoms with Gasteiger partial charge in [-0.2, -0.15) is 0 Å². The van der Waals surface area contributed by atoms with Gasteiger partial charge in [-0.1, -0.05) is 6.07 Å². The van der Waals surface area contributed by atoms with Crippen LogP contribution in [0.1, 0.15) is 21.7 Å². The van der Waals surface area contributed by atoms with Crippen molar-refractivity contribution < 1.29 is 14.3 Å². The van der Waals surface area contributed by atoms with Gasteiger partial charge in [0.15, 0.2) is 0 Å². The zero-order chi connectivity index (χ0) is 16.2. The first-order valence-electron chi connectivity index (χ1n) is 7.46. The molecular formula is C17H18N2O3S. The zero-order valence-corrected chi connectivity index (χ0v) is 13.7. The average Bonchev–Trinajstić information content (AvgIpc) is 3.09. The molecule has 23 heavy (non-hydrogen) atoms. The van der Waals surface area contributed by atoms with E-state index in [4.69, 9.17) is 4.74 Å². The van der Waals surface area contributed by atoms with Crippen LogP contribution in [0.3, 0.4) is 0 Å². The summed E-state index contributed by atoms with van der Waals surface area (Å²) in [7, 11) is 1.52. The summed E-state index contributed by atoms with van der Waals surface area (Å²) in [6.07, 6.45) is 1.81. The SMILES string of the molecule is COCC(=O)N1CCCc2cc(NC(=O)c3cccs3)ccc21. The van der Waals surface area contributed by atoms with Crippen molar-refractivity contribution in [3.05, 3.63) is 46.2 Å². The number of thiophene rings is 1. The van der Waals surface area contributed by atoms with Crippen molar-refractivity contribution in [2.75, 3.05) is 30.5 Å². The van der Waals surface area contributed by atoms with Crippen molar-refractivity contribution in [1.82, 2.24) is 0 Å². The van der Waals surface area contributed by atoms with E-state index in [1.54, 1.807) is 11.0 Å². The van der Waals surface area contributed by atoms with Crippen LogP contribution in [0.4, 0.5) is 11.4 Å². The molecule has 3 rings (SSSR count).